The van der Waals surface area contributed by atoms with E-state index in [-0.39, 0.29) is 0 Å². The van der Waals surface area contributed by atoms with Gasteiger partial charge in [-0.25, -0.2) is 4.98 Å². The van der Waals surface area contributed by atoms with Crippen LogP contribution in [0.3, 0.4) is 0 Å². The van der Waals surface area contributed by atoms with Crippen LogP contribution in [0.5, 0.6) is 0 Å². The van der Waals surface area contributed by atoms with E-state index in [0.29, 0.717) is 0 Å². The topological polar surface area (TPSA) is 41.3 Å². The molecule has 12 heavy (non-hydrogen) atoms. The molecule has 1 atom stereocenters. The third-order valence-electron chi connectivity index (χ3n) is 1.76. The van der Waals surface area contributed by atoms with Crippen LogP contribution in [-0.4, -0.2) is 33.1 Å². The Labute approximate surface area is 72.4 Å². The molecule has 1 rings (SSSR count). The van der Waals surface area contributed by atoms with Crippen LogP contribution in [0.4, 0.5) is 0 Å². The fraction of sp³-hybridized carbons (Fsp3) is 0.625. The molecule has 0 fully saturated rings. The molecule has 1 unspecified atom stereocenters. The summed E-state index contributed by atoms with van der Waals surface area (Å²) in [6, 6.07) is 0. The molecule has 0 aliphatic heterocycles. The van der Waals surface area contributed by atoms with E-state index < -0.39 is 6.35 Å². The fourth-order valence-corrected chi connectivity index (χ4v) is 1.10. The number of aliphatic hydroxyl groups excluding tert-OH is 1. The predicted molar refractivity (Wildman–Crippen MR) is 46.4 cm³/mol. The smallest absolute Gasteiger partial charge is 0.190 e. The summed E-state index contributed by atoms with van der Waals surface area (Å²) in [6.45, 7) is 2.95. The molecule has 1 aromatic heterocycles. The Balaban J connectivity index is 2.53. The normalized spacial score (nSPS) is 13.7. The van der Waals surface area contributed by atoms with E-state index in [2.05, 4.69) is 11.9 Å². The molecule has 4 nitrogen and oxygen atoms in total. The summed E-state index contributed by atoms with van der Waals surface area (Å²) < 4.78 is 1.66. The molecular weight excluding hydrogens is 154 g/mol. The summed E-state index contributed by atoms with van der Waals surface area (Å²) in [5.74, 6) is 0. The molecule has 0 saturated heterocycles. The van der Waals surface area contributed by atoms with Gasteiger partial charge in [0.25, 0.3) is 0 Å². The Kier molecular flexibility index (Phi) is 3.25. The highest BCUT2D eigenvalue weighted by Crippen LogP contribution is 2.06. The van der Waals surface area contributed by atoms with E-state index in [0.717, 1.165) is 13.0 Å². The van der Waals surface area contributed by atoms with Gasteiger partial charge in [-0.2, -0.15) is 0 Å². The zero-order valence-electron chi connectivity index (χ0n) is 7.51. The maximum absolute atomic E-state index is 9.66. The predicted octanol–water partition coefficient (Wildman–Crippen LogP) is 0.673. The quantitative estimate of drug-likeness (QED) is 0.674. The molecule has 0 saturated carbocycles. The van der Waals surface area contributed by atoms with Crippen LogP contribution in [0.25, 0.3) is 0 Å². The summed E-state index contributed by atoms with van der Waals surface area (Å²) in [5.41, 5.74) is 0. The van der Waals surface area contributed by atoms with Crippen LogP contribution in [0.1, 0.15) is 19.7 Å². The zero-order valence-corrected chi connectivity index (χ0v) is 7.51. The van der Waals surface area contributed by atoms with Crippen molar-refractivity contribution in [1.29, 1.82) is 0 Å². The lowest BCUT2D eigenvalue weighted by Crippen LogP contribution is -2.28. The lowest BCUT2D eigenvalue weighted by Gasteiger charge is -2.23. The first-order chi connectivity index (χ1) is 5.75. The van der Waals surface area contributed by atoms with E-state index in [1.165, 1.54) is 0 Å². The summed E-state index contributed by atoms with van der Waals surface area (Å²) in [5, 5.41) is 9.66. The molecule has 0 aromatic carbocycles. The van der Waals surface area contributed by atoms with Gasteiger partial charge in [0.1, 0.15) is 0 Å². The van der Waals surface area contributed by atoms with Crippen LogP contribution in [0.15, 0.2) is 18.7 Å². The summed E-state index contributed by atoms with van der Waals surface area (Å²) in [4.78, 5) is 5.72. The summed E-state index contributed by atoms with van der Waals surface area (Å²) in [7, 11) is 1.88. The maximum Gasteiger partial charge on any atom is 0.190 e. The first kappa shape index (κ1) is 9.22. The number of aromatic nitrogens is 2. The van der Waals surface area contributed by atoms with E-state index >= 15 is 0 Å². The Bertz CT molecular complexity index is 210. The number of imidazole rings is 1. The third-order valence-corrected chi connectivity index (χ3v) is 1.76. The van der Waals surface area contributed by atoms with Crippen molar-refractivity contribution >= 4 is 0 Å². The summed E-state index contributed by atoms with van der Waals surface area (Å²) in [6.07, 6.45) is 5.45. The third kappa shape index (κ3) is 2.06. The first-order valence-electron chi connectivity index (χ1n) is 4.11. The molecule has 4 heteroatoms. The molecule has 1 N–H and O–H groups in total. The van der Waals surface area contributed by atoms with Crippen molar-refractivity contribution in [1.82, 2.24) is 14.5 Å². The molecule has 1 aromatic rings. The highest BCUT2D eigenvalue weighted by atomic mass is 16.3. The SMILES string of the molecule is CCCN(C)C(O)n1ccnc1. The van der Waals surface area contributed by atoms with Gasteiger partial charge in [0.15, 0.2) is 6.35 Å². The number of hydrogen-bond donors (Lipinski definition) is 1. The van der Waals surface area contributed by atoms with Gasteiger partial charge in [-0.1, -0.05) is 6.92 Å². The van der Waals surface area contributed by atoms with Gasteiger partial charge in [0, 0.05) is 18.9 Å². The monoisotopic (exact) mass is 169 g/mol. The molecule has 0 bridgehead atoms. The van der Waals surface area contributed by atoms with Crippen molar-refractivity contribution in [2.45, 2.75) is 19.7 Å². The molecule has 68 valence electrons. The minimum absolute atomic E-state index is 0.590. The van der Waals surface area contributed by atoms with Crippen LogP contribution < -0.4 is 0 Å². The zero-order chi connectivity index (χ0) is 8.97. The van der Waals surface area contributed by atoms with Gasteiger partial charge in [-0.15, -0.1) is 0 Å². The van der Waals surface area contributed by atoms with Gasteiger partial charge in [-0.3, -0.25) is 9.47 Å². The second kappa shape index (κ2) is 4.23. The van der Waals surface area contributed by atoms with Crippen molar-refractivity contribution < 1.29 is 5.11 Å². The molecule has 0 spiro atoms. The van der Waals surface area contributed by atoms with Gasteiger partial charge < -0.3 is 5.11 Å². The first-order valence-corrected chi connectivity index (χ1v) is 4.11. The lowest BCUT2D eigenvalue weighted by atomic mass is 10.4. The highest BCUT2D eigenvalue weighted by Gasteiger charge is 2.09. The van der Waals surface area contributed by atoms with Gasteiger partial charge in [0.05, 0.1) is 6.33 Å². The van der Waals surface area contributed by atoms with Crippen molar-refractivity contribution in [2.24, 2.45) is 0 Å². The van der Waals surface area contributed by atoms with Crippen molar-refractivity contribution in [3.63, 3.8) is 0 Å². The fourth-order valence-electron chi connectivity index (χ4n) is 1.10. The van der Waals surface area contributed by atoms with Crippen molar-refractivity contribution in [3.8, 4) is 0 Å². The lowest BCUT2D eigenvalue weighted by molar-refractivity contribution is -0.0390. The van der Waals surface area contributed by atoms with Crippen LogP contribution >= 0.6 is 0 Å². The second-order valence-electron chi connectivity index (χ2n) is 2.84. The van der Waals surface area contributed by atoms with Crippen LogP contribution in [-0.2, 0) is 0 Å². The molecule has 0 aliphatic rings. The Morgan fingerprint density at radius 3 is 2.92 bits per heavy atom. The molecule has 0 amide bonds. The minimum atomic E-state index is -0.590. The van der Waals surface area contributed by atoms with Crippen molar-refractivity contribution in [2.75, 3.05) is 13.6 Å². The van der Waals surface area contributed by atoms with E-state index in [4.69, 9.17) is 0 Å². The number of nitrogens with zero attached hydrogens (tertiary/aromatic N) is 3. The largest absolute Gasteiger partial charge is 0.360 e. The van der Waals surface area contributed by atoms with E-state index in [9.17, 15) is 5.11 Å². The summed E-state index contributed by atoms with van der Waals surface area (Å²) >= 11 is 0. The van der Waals surface area contributed by atoms with Crippen LogP contribution in [0, 0.1) is 0 Å². The average molecular weight is 169 g/mol. The molecular formula is C8H15N3O. The highest BCUT2D eigenvalue weighted by molar-refractivity contribution is 4.75. The Hall–Kier alpha value is -0.870. The second-order valence-corrected chi connectivity index (χ2v) is 2.84. The average Bonchev–Trinajstić information content (AvgIpc) is 2.55. The van der Waals surface area contributed by atoms with Crippen molar-refractivity contribution in [3.05, 3.63) is 18.7 Å². The molecule has 0 radical (unpaired) electrons. The van der Waals surface area contributed by atoms with Crippen LogP contribution in [0.2, 0.25) is 0 Å². The van der Waals surface area contributed by atoms with E-state index in [1.807, 2.05) is 11.9 Å². The standard InChI is InChI=1S/C8H15N3O/c1-3-5-10(2)8(12)11-6-4-9-7-11/h4,6-8,12H,3,5H2,1-2H3. The van der Waals surface area contributed by atoms with E-state index in [1.54, 1.807) is 23.3 Å². The minimum Gasteiger partial charge on any atom is -0.360 e. The molecule has 1 heterocycles. The number of hydrogen-bond acceptors (Lipinski definition) is 3. The van der Waals surface area contributed by atoms with Gasteiger partial charge >= 0.3 is 0 Å². The number of aliphatic hydroxyl groups is 1. The van der Waals surface area contributed by atoms with Gasteiger partial charge in [-0.05, 0) is 13.5 Å². The van der Waals surface area contributed by atoms with Gasteiger partial charge in [0.2, 0.25) is 0 Å². The molecule has 0 aliphatic carbocycles. The maximum atomic E-state index is 9.66. The number of rotatable bonds is 4. The Morgan fingerprint density at radius 2 is 2.42 bits per heavy atom. The Morgan fingerprint density at radius 1 is 1.67 bits per heavy atom.